The summed E-state index contributed by atoms with van der Waals surface area (Å²) in [5.41, 5.74) is 1.84. The number of nitrogens with one attached hydrogen (secondary N) is 1. The molecule has 0 aliphatic heterocycles. The minimum atomic E-state index is -0.0848. The van der Waals surface area contributed by atoms with Gasteiger partial charge in [0.15, 0.2) is 0 Å². The molecule has 19 heavy (non-hydrogen) atoms. The predicted molar refractivity (Wildman–Crippen MR) is 81.3 cm³/mol. The van der Waals surface area contributed by atoms with Crippen LogP contribution in [0.1, 0.15) is 32.3 Å². The summed E-state index contributed by atoms with van der Waals surface area (Å²) in [6.45, 7) is 7.07. The summed E-state index contributed by atoms with van der Waals surface area (Å²) in [6, 6.07) is 3.80. The molecule has 0 amide bonds. The van der Waals surface area contributed by atoms with Gasteiger partial charge in [0.25, 0.3) is 0 Å². The highest BCUT2D eigenvalue weighted by Gasteiger charge is 2.25. The van der Waals surface area contributed by atoms with Crippen molar-refractivity contribution >= 4 is 17.3 Å². The lowest BCUT2D eigenvalue weighted by atomic mass is 9.83. The summed E-state index contributed by atoms with van der Waals surface area (Å²) in [7, 11) is 1.63. The standard InChI is InChI=1S/C15H24ClNO2/c1-5-15(6-2,10-18)9-17-13-7-11(3)12(16)8-14(13)19-4/h7-8,17-18H,5-6,9-10H2,1-4H3. The van der Waals surface area contributed by atoms with E-state index in [1.54, 1.807) is 7.11 Å². The second-order valence-corrected chi connectivity index (χ2v) is 5.43. The molecule has 0 spiro atoms. The van der Waals surface area contributed by atoms with Gasteiger partial charge in [-0.15, -0.1) is 0 Å². The molecule has 0 aliphatic rings. The van der Waals surface area contributed by atoms with Crippen molar-refractivity contribution < 1.29 is 9.84 Å². The van der Waals surface area contributed by atoms with Crippen LogP contribution in [-0.4, -0.2) is 25.4 Å². The SMILES string of the molecule is CCC(CC)(CO)CNc1cc(C)c(Cl)cc1OC. The number of rotatable bonds is 7. The van der Waals surface area contributed by atoms with Gasteiger partial charge >= 0.3 is 0 Å². The number of benzene rings is 1. The molecule has 108 valence electrons. The fourth-order valence-corrected chi connectivity index (χ4v) is 2.19. The van der Waals surface area contributed by atoms with E-state index in [0.29, 0.717) is 11.6 Å². The van der Waals surface area contributed by atoms with Crippen LogP contribution in [-0.2, 0) is 0 Å². The van der Waals surface area contributed by atoms with Crippen molar-refractivity contribution in [2.24, 2.45) is 5.41 Å². The van der Waals surface area contributed by atoms with Crippen LogP contribution < -0.4 is 10.1 Å². The van der Waals surface area contributed by atoms with E-state index in [0.717, 1.165) is 29.8 Å². The Morgan fingerprint density at radius 2 is 1.95 bits per heavy atom. The number of halogens is 1. The van der Waals surface area contributed by atoms with Gasteiger partial charge in [-0.25, -0.2) is 0 Å². The zero-order valence-corrected chi connectivity index (χ0v) is 13.0. The molecule has 0 saturated heterocycles. The Labute approximate surface area is 120 Å². The van der Waals surface area contributed by atoms with Crippen LogP contribution in [0.5, 0.6) is 5.75 Å². The number of ether oxygens (including phenoxy) is 1. The molecule has 1 aromatic carbocycles. The Kier molecular flexibility index (Phi) is 5.95. The monoisotopic (exact) mass is 285 g/mol. The number of hydrogen-bond acceptors (Lipinski definition) is 3. The number of aliphatic hydroxyl groups is 1. The van der Waals surface area contributed by atoms with Crippen LogP contribution in [0.4, 0.5) is 5.69 Å². The van der Waals surface area contributed by atoms with Crippen molar-refractivity contribution in [3.05, 3.63) is 22.7 Å². The van der Waals surface area contributed by atoms with Gasteiger partial charge in [0, 0.05) is 23.0 Å². The molecule has 0 aliphatic carbocycles. The molecular formula is C15H24ClNO2. The van der Waals surface area contributed by atoms with E-state index in [-0.39, 0.29) is 12.0 Å². The molecule has 1 rings (SSSR count). The molecule has 0 fully saturated rings. The van der Waals surface area contributed by atoms with E-state index in [4.69, 9.17) is 16.3 Å². The van der Waals surface area contributed by atoms with Gasteiger partial charge < -0.3 is 15.2 Å². The maximum absolute atomic E-state index is 9.59. The summed E-state index contributed by atoms with van der Waals surface area (Å²) in [6.07, 6.45) is 1.86. The number of hydrogen-bond donors (Lipinski definition) is 2. The highest BCUT2D eigenvalue weighted by molar-refractivity contribution is 6.31. The van der Waals surface area contributed by atoms with E-state index >= 15 is 0 Å². The maximum Gasteiger partial charge on any atom is 0.143 e. The Balaban J connectivity index is 2.90. The Morgan fingerprint density at radius 1 is 1.32 bits per heavy atom. The third-order valence-corrected chi connectivity index (χ3v) is 4.38. The molecule has 0 atom stereocenters. The number of aliphatic hydroxyl groups excluding tert-OH is 1. The van der Waals surface area contributed by atoms with Gasteiger partial charge in [0.1, 0.15) is 5.75 Å². The number of aryl methyl sites for hydroxylation is 1. The van der Waals surface area contributed by atoms with Crippen molar-refractivity contribution in [2.45, 2.75) is 33.6 Å². The molecule has 3 nitrogen and oxygen atoms in total. The summed E-state index contributed by atoms with van der Waals surface area (Å²) in [5.74, 6) is 0.731. The number of methoxy groups -OCH3 is 1. The van der Waals surface area contributed by atoms with E-state index in [2.05, 4.69) is 19.2 Å². The molecule has 0 unspecified atom stereocenters. The fraction of sp³-hybridized carbons (Fsp3) is 0.600. The lowest BCUT2D eigenvalue weighted by Gasteiger charge is -2.30. The topological polar surface area (TPSA) is 41.5 Å². The summed E-state index contributed by atoms with van der Waals surface area (Å²) in [5, 5.41) is 13.7. The number of anilines is 1. The molecule has 0 heterocycles. The average molecular weight is 286 g/mol. The maximum atomic E-state index is 9.59. The van der Waals surface area contributed by atoms with Crippen LogP contribution >= 0.6 is 11.6 Å². The van der Waals surface area contributed by atoms with Crippen molar-refractivity contribution in [2.75, 3.05) is 25.6 Å². The summed E-state index contributed by atoms with van der Waals surface area (Å²) in [4.78, 5) is 0. The summed E-state index contributed by atoms with van der Waals surface area (Å²) < 4.78 is 5.34. The highest BCUT2D eigenvalue weighted by atomic mass is 35.5. The molecule has 1 aromatic rings. The van der Waals surface area contributed by atoms with E-state index in [1.165, 1.54) is 0 Å². The van der Waals surface area contributed by atoms with Crippen LogP contribution in [0.15, 0.2) is 12.1 Å². The van der Waals surface area contributed by atoms with Crippen LogP contribution in [0.2, 0.25) is 5.02 Å². The van der Waals surface area contributed by atoms with Gasteiger partial charge in [-0.3, -0.25) is 0 Å². The van der Waals surface area contributed by atoms with Crippen molar-refractivity contribution in [1.82, 2.24) is 0 Å². The van der Waals surface area contributed by atoms with Crippen molar-refractivity contribution in [3.63, 3.8) is 0 Å². The first-order valence-electron chi connectivity index (χ1n) is 6.70. The first kappa shape index (κ1) is 16.1. The van der Waals surface area contributed by atoms with Gasteiger partial charge in [0.2, 0.25) is 0 Å². The Morgan fingerprint density at radius 3 is 2.42 bits per heavy atom. The van der Waals surface area contributed by atoms with Crippen molar-refractivity contribution in [1.29, 1.82) is 0 Å². The second kappa shape index (κ2) is 7.01. The molecule has 2 N–H and O–H groups in total. The average Bonchev–Trinajstić information content (AvgIpc) is 2.44. The van der Waals surface area contributed by atoms with Crippen LogP contribution in [0, 0.1) is 12.3 Å². The van der Waals surface area contributed by atoms with Gasteiger partial charge in [-0.2, -0.15) is 0 Å². The third-order valence-electron chi connectivity index (χ3n) is 3.97. The Hall–Kier alpha value is -0.930. The predicted octanol–water partition coefficient (Wildman–Crippen LogP) is 3.87. The molecule has 0 bridgehead atoms. The lowest BCUT2D eigenvalue weighted by molar-refractivity contribution is 0.127. The summed E-state index contributed by atoms with van der Waals surface area (Å²) >= 11 is 6.09. The molecular weight excluding hydrogens is 262 g/mol. The first-order chi connectivity index (χ1) is 9.01. The van der Waals surface area contributed by atoms with Crippen molar-refractivity contribution in [3.8, 4) is 5.75 Å². The molecule has 0 saturated carbocycles. The largest absolute Gasteiger partial charge is 0.495 e. The van der Waals surface area contributed by atoms with Crippen LogP contribution in [0.3, 0.4) is 0 Å². The normalized spacial score (nSPS) is 11.5. The molecule has 0 radical (unpaired) electrons. The minimum Gasteiger partial charge on any atom is -0.495 e. The van der Waals surface area contributed by atoms with Gasteiger partial charge in [-0.05, 0) is 31.4 Å². The van der Waals surface area contributed by atoms with E-state index in [9.17, 15) is 5.11 Å². The van der Waals surface area contributed by atoms with Gasteiger partial charge in [-0.1, -0.05) is 25.4 Å². The zero-order chi connectivity index (χ0) is 14.5. The first-order valence-corrected chi connectivity index (χ1v) is 7.08. The zero-order valence-electron chi connectivity index (χ0n) is 12.2. The minimum absolute atomic E-state index is 0.0848. The molecule has 0 aromatic heterocycles. The Bertz CT molecular complexity index is 409. The van der Waals surface area contributed by atoms with E-state index in [1.807, 2.05) is 19.1 Å². The van der Waals surface area contributed by atoms with E-state index < -0.39 is 0 Å². The quantitative estimate of drug-likeness (QED) is 0.799. The molecule has 4 heteroatoms. The van der Waals surface area contributed by atoms with Crippen LogP contribution in [0.25, 0.3) is 0 Å². The second-order valence-electron chi connectivity index (χ2n) is 5.02. The third kappa shape index (κ3) is 3.77. The van der Waals surface area contributed by atoms with Gasteiger partial charge in [0.05, 0.1) is 19.4 Å². The fourth-order valence-electron chi connectivity index (χ4n) is 2.03. The highest BCUT2D eigenvalue weighted by Crippen LogP contribution is 2.33. The lowest BCUT2D eigenvalue weighted by Crippen LogP contribution is -2.32. The smallest absolute Gasteiger partial charge is 0.143 e.